The van der Waals surface area contributed by atoms with Gasteiger partial charge in [0, 0.05) is 18.4 Å². The minimum Gasteiger partial charge on any atom is -0.478 e. The molecule has 1 aliphatic heterocycles. The molecule has 1 fully saturated rings. The van der Waals surface area contributed by atoms with Crippen LogP contribution in [-0.2, 0) is 14.3 Å². The Morgan fingerprint density at radius 3 is 2.90 bits per heavy atom. The zero-order valence-electron chi connectivity index (χ0n) is 11.3. The van der Waals surface area contributed by atoms with E-state index in [0.717, 1.165) is 30.0 Å². The lowest BCUT2D eigenvalue weighted by atomic mass is 10.1. The highest BCUT2D eigenvalue weighted by molar-refractivity contribution is 5.94. The van der Waals surface area contributed by atoms with E-state index in [1.807, 2.05) is 13.0 Å². The van der Waals surface area contributed by atoms with Gasteiger partial charge in [-0.25, -0.2) is 4.79 Å². The van der Waals surface area contributed by atoms with Gasteiger partial charge >= 0.3 is 5.97 Å². The van der Waals surface area contributed by atoms with Gasteiger partial charge in [-0.1, -0.05) is 6.07 Å². The Bertz CT molecular complexity index is 545. The molecule has 5 heteroatoms. The molecule has 0 spiro atoms. The quantitative estimate of drug-likeness (QED) is 0.826. The van der Waals surface area contributed by atoms with Crippen molar-refractivity contribution >= 4 is 23.6 Å². The summed E-state index contributed by atoms with van der Waals surface area (Å²) in [5.74, 6) is -1.15. The van der Waals surface area contributed by atoms with Crippen molar-refractivity contribution in [1.82, 2.24) is 0 Å². The fourth-order valence-corrected chi connectivity index (χ4v) is 2.07. The first-order valence-corrected chi connectivity index (χ1v) is 6.50. The van der Waals surface area contributed by atoms with Gasteiger partial charge in [-0.15, -0.1) is 0 Å². The molecule has 5 nitrogen and oxygen atoms in total. The summed E-state index contributed by atoms with van der Waals surface area (Å²) in [6.45, 7) is 2.51. The lowest BCUT2D eigenvalue weighted by Gasteiger charge is -2.11. The summed E-state index contributed by atoms with van der Waals surface area (Å²) in [6.07, 6.45) is 3.85. The number of hydrogen-bond donors (Lipinski definition) is 2. The van der Waals surface area contributed by atoms with Crippen molar-refractivity contribution in [3.63, 3.8) is 0 Å². The fraction of sp³-hybridized carbons (Fsp3) is 0.333. The number of aliphatic carboxylic acids is 1. The number of anilines is 1. The van der Waals surface area contributed by atoms with Crippen molar-refractivity contribution in [3.05, 3.63) is 35.4 Å². The van der Waals surface area contributed by atoms with Crippen LogP contribution in [0.3, 0.4) is 0 Å². The van der Waals surface area contributed by atoms with Gasteiger partial charge in [0.05, 0.1) is 0 Å². The average molecular weight is 275 g/mol. The topological polar surface area (TPSA) is 75.6 Å². The van der Waals surface area contributed by atoms with E-state index in [0.29, 0.717) is 12.3 Å². The lowest BCUT2D eigenvalue weighted by Crippen LogP contribution is -2.26. The molecule has 2 N–H and O–H groups in total. The van der Waals surface area contributed by atoms with Crippen LogP contribution >= 0.6 is 0 Å². The SMILES string of the molecule is Cc1ccc(NC(=O)C2CCCO2)cc1C=CC(=O)O. The third-order valence-corrected chi connectivity index (χ3v) is 3.17. The number of ether oxygens (including phenoxy) is 1. The van der Waals surface area contributed by atoms with Crippen LogP contribution < -0.4 is 5.32 Å². The molecular weight excluding hydrogens is 258 g/mol. The molecule has 2 rings (SSSR count). The summed E-state index contributed by atoms with van der Waals surface area (Å²) < 4.78 is 5.32. The number of hydrogen-bond acceptors (Lipinski definition) is 3. The molecule has 0 bridgehead atoms. The van der Waals surface area contributed by atoms with Crippen molar-refractivity contribution in [2.75, 3.05) is 11.9 Å². The second kappa shape index (κ2) is 6.34. The van der Waals surface area contributed by atoms with E-state index in [9.17, 15) is 9.59 Å². The Hall–Kier alpha value is -2.14. The maximum Gasteiger partial charge on any atom is 0.328 e. The summed E-state index contributed by atoms with van der Waals surface area (Å²) in [5, 5.41) is 11.4. The second-order valence-electron chi connectivity index (χ2n) is 4.73. The molecule has 1 aromatic rings. The minimum atomic E-state index is -1.00. The van der Waals surface area contributed by atoms with Gasteiger partial charge in [-0.05, 0) is 49.1 Å². The van der Waals surface area contributed by atoms with Crippen molar-refractivity contribution in [1.29, 1.82) is 0 Å². The van der Waals surface area contributed by atoms with Crippen LogP contribution in [0.4, 0.5) is 5.69 Å². The Labute approximate surface area is 117 Å². The molecule has 1 aromatic carbocycles. The van der Waals surface area contributed by atoms with Gasteiger partial charge < -0.3 is 15.2 Å². The zero-order chi connectivity index (χ0) is 14.5. The van der Waals surface area contributed by atoms with Crippen molar-refractivity contribution in [3.8, 4) is 0 Å². The van der Waals surface area contributed by atoms with Crippen LogP contribution in [0, 0.1) is 6.92 Å². The predicted octanol–water partition coefficient (Wildman–Crippen LogP) is 2.21. The molecule has 0 radical (unpaired) electrons. The van der Waals surface area contributed by atoms with E-state index in [-0.39, 0.29) is 12.0 Å². The van der Waals surface area contributed by atoms with Crippen LogP contribution in [0.15, 0.2) is 24.3 Å². The molecule has 1 atom stereocenters. The number of amides is 1. The Morgan fingerprint density at radius 2 is 2.25 bits per heavy atom. The summed E-state index contributed by atoms with van der Waals surface area (Å²) >= 11 is 0. The van der Waals surface area contributed by atoms with Crippen LogP contribution in [0.5, 0.6) is 0 Å². The van der Waals surface area contributed by atoms with Gasteiger partial charge in [0.15, 0.2) is 0 Å². The third kappa shape index (κ3) is 3.68. The van der Waals surface area contributed by atoms with E-state index < -0.39 is 5.97 Å². The molecule has 1 amide bonds. The monoisotopic (exact) mass is 275 g/mol. The molecule has 20 heavy (non-hydrogen) atoms. The summed E-state index contributed by atoms with van der Waals surface area (Å²) in [7, 11) is 0. The average Bonchev–Trinajstić information content (AvgIpc) is 2.93. The molecule has 1 aliphatic rings. The summed E-state index contributed by atoms with van der Waals surface area (Å²) in [4.78, 5) is 22.5. The third-order valence-electron chi connectivity index (χ3n) is 3.17. The number of carbonyl (C=O) groups is 2. The first kappa shape index (κ1) is 14.3. The van der Waals surface area contributed by atoms with Gasteiger partial charge in [-0.2, -0.15) is 0 Å². The lowest BCUT2D eigenvalue weighted by molar-refractivity contribution is -0.131. The first-order chi connectivity index (χ1) is 9.56. The van der Waals surface area contributed by atoms with Gasteiger partial charge in [0.1, 0.15) is 6.10 Å². The first-order valence-electron chi connectivity index (χ1n) is 6.50. The highest BCUT2D eigenvalue weighted by Gasteiger charge is 2.23. The minimum absolute atomic E-state index is 0.153. The number of carboxylic acid groups (broad SMARTS) is 1. The van der Waals surface area contributed by atoms with E-state index in [2.05, 4.69) is 5.32 Å². The Morgan fingerprint density at radius 1 is 1.45 bits per heavy atom. The maximum atomic E-state index is 11.9. The molecule has 0 saturated carbocycles. The molecule has 1 saturated heterocycles. The normalized spacial score (nSPS) is 18.4. The zero-order valence-corrected chi connectivity index (χ0v) is 11.3. The van der Waals surface area contributed by atoms with E-state index in [1.165, 1.54) is 6.08 Å². The van der Waals surface area contributed by atoms with Crippen molar-refractivity contribution in [2.45, 2.75) is 25.9 Å². The summed E-state index contributed by atoms with van der Waals surface area (Å²) in [6, 6.07) is 5.38. The van der Waals surface area contributed by atoms with E-state index in [1.54, 1.807) is 12.1 Å². The van der Waals surface area contributed by atoms with E-state index >= 15 is 0 Å². The van der Waals surface area contributed by atoms with E-state index in [4.69, 9.17) is 9.84 Å². The summed E-state index contributed by atoms with van der Waals surface area (Å²) in [5.41, 5.74) is 2.34. The molecule has 0 aliphatic carbocycles. The van der Waals surface area contributed by atoms with Crippen molar-refractivity contribution < 1.29 is 19.4 Å². The molecule has 1 heterocycles. The van der Waals surface area contributed by atoms with Gasteiger partial charge in [0.25, 0.3) is 5.91 Å². The van der Waals surface area contributed by atoms with Crippen LogP contribution in [0.1, 0.15) is 24.0 Å². The van der Waals surface area contributed by atoms with Crippen LogP contribution in [-0.4, -0.2) is 29.7 Å². The fourth-order valence-electron chi connectivity index (χ4n) is 2.07. The number of aryl methyl sites for hydroxylation is 1. The largest absolute Gasteiger partial charge is 0.478 e. The second-order valence-corrected chi connectivity index (χ2v) is 4.73. The molecule has 106 valence electrons. The van der Waals surface area contributed by atoms with Gasteiger partial charge in [-0.3, -0.25) is 4.79 Å². The number of benzene rings is 1. The van der Waals surface area contributed by atoms with Crippen LogP contribution in [0.25, 0.3) is 6.08 Å². The van der Waals surface area contributed by atoms with Crippen molar-refractivity contribution in [2.24, 2.45) is 0 Å². The highest BCUT2D eigenvalue weighted by atomic mass is 16.5. The molecule has 0 aromatic heterocycles. The number of rotatable bonds is 4. The standard InChI is InChI=1S/C15H17NO4/c1-10-4-6-12(9-11(10)5-7-14(17)18)16-15(19)13-3-2-8-20-13/h4-7,9,13H,2-3,8H2,1H3,(H,16,19)(H,17,18). The molecular formula is C15H17NO4. The van der Waals surface area contributed by atoms with Crippen LogP contribution in [0.2, 0.25) is 0 Å². The Balaban J connectivity index is 2.10. The Kier molecular flexibility index (Phi) is 4.53. The highest BCUT2D eigenvalue weighted by Crippen LogP contribution is 2.19. The predicted molar refractivity (Wildman–Crippen MR) is 75.5 cm³/mol. The number of carbonyl (C=O) groups excluding carboxylic acids is 1. The maximum absolute atomic E-state index is 11.9. The smallest absolute Gasteiger partial charge is 0.328 e. The molecule has 1 unspecified atom stereocenters. The van der Waals surface area contributed by atoms with Gasteiger partial charge in [0.2, 0.25) is 0 Å². The number of carboxylic acids is 1. The number of nitrogens with one attached hydrogen (secondary N) is 1.